The normalized spacial score (nSPS) is 25.4. The number of nitrogens with two attached hydrogens (primary N) is 1. The van der Waals surface area contributed by atoms with Crippen molar-refractivity contribution >= 4 is 24.3 Å². The van der Waals surface area contributed by atoms with Gasteiger partial charge < -0.3 is 21.3 Å². The Morgan fingerprint density at radius 3 is 2.39 bits per heavy atom. The van der Waals surface area contributed by atoms with Gasteiger partial charge in [-0.05, 0) is 31.6 Å². The van der Waals surface area contributed by atoms with Crippen LogP contribution in [0.5, 0.6) is 0 Å². The van der Waals surface area contributed by atoms with E-state index in [0.29, 0.717) is 19.6 Å². The summed E-state index contributed by atoms with van der Waals surface area (Å²) in [5.74, 6) is 0.0660. The molecule has 0 spiro atoms. The van der Waals surface area contributed by atoms with Gasteiger partial charge in [0.05, 0.1) is 0 Å². The first kappa shape index (κ1) is 20.0. The summed E-state index contributed by atoms with van der Waals surface area (Å²) in [5, 5.41) is 5.69. The fourth-order valence-corrected chi connectivity index (χ4v) is 3.64. The molecular weight excluding hydrogens is 316 g/mol. The number of urea groups is 1. The van der Waals surface area contributed by atoms with Gasteiger partial charge >= 0.3 is 6.03 Å². The first-order valence-electron chi connectivity index (χ1n) is 8.42. The van der Waals surface area contributed by atoms with Crippen molar-refractivity contribution < 1.29 is 9.59 Å². The maximum atomic E-state index is 13.1. The molecular formula is C16H31ClN4O2. The predicted octanol–water partition coefficient (Wildman–Crippen LogP) is 1.63. The van der Waals surface area contributed by atoms with Crippen molar-refractivity contribution in [1.29, 1.82) is 0 Å². The van der Waals surface area contributed by atoms with Crippen LogP contribution in [0.4, 0.5) is 4.79 Å². The molecule has 2 fully saturated rings. The van der Waals surface area contributed by atoms with Crippen molar-refractivity contribution in [3.05, 3.63) is 0 Å². The number of hydrogen-bond donors (Lipinski definition) is 3. The van der Waals surface area contributed by atoms with Crippen molar-refractivity contribution in [2.45, 2.75) is 64.5 Å². The Balaban J connectivity index is 0.00000264. The van der Waals surface area contributed by atoms with Gasteiger partial charge in [0.25, 0.3) is 0 Å². The van der Waals surface area contributed by atoms with E-state index in [0.717, 1.165) is 32.1 Å². The number of hydrogen-bond acceptors (Lipinski definition) is 3. The minimum atomic E-state index is -0.725. The molecule has 1 unspecified atom stereocenters. The molecule has 134 valence electrons. The molecule has 1 saturated carbocycles. The monoisotopic (exact) mass is 346 g/mol. The van der Waals surface area contributed by atoms with Gasteiger partial charge in [-0.3, -0.25) is 4.79 Å². The summed E-state index contributed by atoms with van der Waals surface area (Å²) in [6, 6.07) is -0.127. The third-order valence-electron chi connectivity index (χ3n) is 5.16. The van der Waals surface area contributed by atoms with Gasteiger partial charge in [0.15, 0.2) is 0 Å². The number of nitrogens with one attached hydrogen (secondary N) is 2. The number of likely N-dealkylation sites (tertiary alicyclic amines) is 1. The summed E-state index contributed by atoms with van der Waals surface area (Å²) in [6.45, 7) is 7.98. The number of nitrogens with zero attached hydrogens (tertiary/aromatic N) is 1. The summed E-state index contributed by atoms with van der Waals surface area (Å²) >= 11 is 0. The molecule has 1 aliphatic heterocycles. The zero-order valence-electron chi connectivity index (χ0n) is 14.5. The third kappa shape index (κ3) is 4.29. The molecule has 4 N–H and O–H groups in total. The summed E-state index contributed by atoms with van der Waals surface area (Å²) in [4.78, 5) is 27.0. The lowest BCUT2D eigenvalue weighted by Crippen LogP contribution is -2.63. The highest BCUT2D eigenvalue weighted by Crippen LogP contribution is 2.35. The Bertz CT molecular complexity index is 436. The maximum Gasteiger partial charge on any atom is 0.315 e. The largest absolute Gasteiger partial charge is 0.340 e. The Kier molecular flexibility index (Phi) is 6.71. The van der Waals surface area contributed by atoms with Crippen LogP contribution < -0.4 is 16.4 Å². The lowest BCUT2D eigenvalue weighted by atomic mass is 9.79. The Hall–Kier alpha value is -1.01. The summed E-state index contributed by atoms with van der Waals surface area (Å²) in [7, 11) is 0. The number of carbonyl (C=O) groups excluding carboxylic acids is 2. The van der Waals surface area contributed by atoms with E-state index in [2.05, 4.69) is 24.5 Å². The average molecular weight is 347 g/mol. The van der Waals surface area contributed by atoms with Crippen LogP contribution in [0, 0.1) is 5.41 Å². The van der Waals surface area contributed by atoms with Gasteiger partial charge in [-0.1, -0.05) is 26.7 Å². The van der Waals surface area contributed by atoms with Gasteiger partial charge in [0.1, 0.15) is 5.54 Å². The standard InChI is InChI=1S/C16H30N4O2.ClH/c1-4-18-14(22)19-16(8-5-6-9-16)13(21)20-10-7-12(17)15(2,3)11-20;/h12H,4-11,17H2,1-3H3,(H2,18,19,22);1H. The number of rotatable bonds is 3. The maximum absolute atomic E-state index is 13.1. The minimum absolute atomic E-state index is 0. The molecule has 7 heteroatoms. The number of halogens is 1. The third-order valence-corrected chi connectivity index (χ3v) is 5.16. The predicted molar refractivity (Wildman–Crippen MR) is 93.6 cm³/mol. The van der Waals surface area contributed by atoms with E-state index >= 15 is 0 Å². The van der Waals surface area contributed by atoms with Gasteiger partial charge in [-0.25, -0.2) is 4.79 Å². The molecule has 2 aliphatic rings. The van der Waals surface area contributed by atoms with Crippen LogP contribution in [0.3, 0.4) is 0 Å². The zero-order chi connectivity index (χ0) is 16.4. The first-order chi connectivity index (χ1) is 10.3. The van der Waals surface area contributed by atoms with Crippen LogP contribution >= 0.6 is 12.4 Å². The van der Waals surface area contributed by atoms with Gasteiger partial charge in [-0.2, -0.15) is 0 Å². The van der Waals surface area contributed by atoms with Crippen molar-refractivity contribution in [3.63, 3.8) is 0 Å². The van der Waals surface area contributed by atoms with E-state index in [4.69, 9.17) is 5.73 Å². The lowest BCUT2D eigenvalue weighted by Gasteiger charge is -2.45. The SMILES string of the molecule is CCNC(=O)NC1(C(=O)N2CCC(N)C(C)(C)C2)CCCC1.Cl. The molecule has 3 amide bonds. The molecule has 0 aromatic rings. The van der Waals surface area contributed by atoms with Crippen molar-refractivity contribution in [2.24, 2.45) is 11.1 Å². The Morgan fingerprint density at radius 1 is 1.26 bits per heavy atom. The van der Waals surface area contributed by atoms with Crippen LogP contribution in [-0.4, -0.2) is 48.1 Å². The molecule has 1 atom stereocenters. The molecule has 0 aromatic carbocycles. The first-order valence-corrected chi connectivity index (χ1v) is 8.42. The van der Waals surface area contributed by atoms with Gasteiger partial charge in [0, 0.05) is 25.7 Å². The average Bonchev–Trinajstić information content (AvgIpc) is 2.91. The summed E-state index contributed by atoms with van der Waals surface area (Å²) < 4.78 is 0. The van der Waals surface area contributed by atoms with E-state index in [-0.39, 0.29) is 35.8 Å². The number of carbonyl (C=O) groups is 2. The highest BCUT2D eigenvalue weighted by atomic mass is 35.5. The molecule has 0 bridgehead atoms. The van der Waals surface area contributed by atoms with E-state index in [1.807, 2.05) is 11.8 Å². The van der Waals surface area contributed by atoms with E-state index < -0.39 is 5.54 Å². The second-order valence-electron chi connectivity index (χ2n) is 7.38. The Labute approximate surface area is 145 Å². The molecule has 1 saturated heterocycles. The molecule has 0 radical (unpaired) electrons. The molecule has 0 aromatic heterocycles. The lowest BCUT2D eigenvalue weighted by molar-refractivity contribution is -0.141. The van der Waals surface area contributed by atoms with Crippen molar-refractivity contribution in [2.75, 3.05) is 19.6 Å². The van der Waals surface area contributed by atoms with Gasteiger partial charge in [-0.15, -0.1) is 12.4 Å². The fourth-order valence-electron chi connectivity index (χ4n) is 3.64. The smallest absolute Gasteiger partial charge is 0.315 e. The van der Waals surface area contributed by atoms with Crippen LogP contribution in [-0.2, 0) is 4.79 Å². The number of piperidine rings is 1. The highest BCUT2D eigenvalue weighted by Gasteiger charge is 2.47. The zero-order valence-corrected chi connectivity index (χ0v) is 15.3. The van der Waals surface area contributed by atoms with Crippen LogP contribution in [0.2, 0.25) is 0 Å². The minimum Gasteiger partial charge on any atom is -0.340 e. The van der Waals surface area contributed by atoms with E-state index in [1.165, 1.54) is 0 Å². The highest BCUT2D eigenvalue weighted by molar-refractivity contribution is 5.91. The summed E-state index contributed by atoms with van der Waals surface area (Å²) in [5.41, 5.74) is 5.35. The quantitative estimate of drug-likeness (QED) is 0.725. The van der Waals surface area contributed by atoms with Gasteiger partial charge in [0.2, 0.25) is 5.91 Å². The summed E-state index contributed by atoms with van der Waals surface area (Å²) in [6.07, 6.45) is 4.23. The molecule has 2 rings (SSSR count). The van der Waals surface area contributed by atoms with Crippen LogP contribution in [0.15, 0.2) is 0 Å². The van der Waals surface area contributed by atoms with E-state index in [9.17, 15) is 9.59 Å². The van der Waals surface area contributed by atoms with Crippen molar-refractivity contribution in [3.8, 4) is 0 Å². The van der Waals surface area contributed by atoms with Crippen molar-refractivity contribution in [1.82, 2.24) is 15.5 Å². The van der Waals surface area contributed by atoms with Crippen LogP contribution in [0.25, 0.3) is 0 Å². The Morgan fingerprint density at radius 2 is 1.87 bits per heavy atom. The second-order valence-corrected chi connectivity index (χ2v) is 7.38. The topological polar surface area (TPSA) is 87.5 Å². The molecule has 23 heavy (non-hydrogen) atoms. The second kappa shape index (κ2) is 7.71. The molecule has 6 nitrogen and oxygen atoms in total. The number of amides is 3. The molecule has 1 heterocycles. The van der Waals surface area contributed by atoms with Crippen LogP contribution in [0.1, 0.15) is 52.9 Å². The van der Waals surface area contributed by atoms with E-state index in [1.54, 1.807) is 0 Å². The molecule has 1 aliphatic carbocycles. The fraction of sp³-hybridized carbons (Fsp3) is 0.875.